The van der Waals surface area contributed by atoms with Crippen LogP contribution in [0.2, 0.25) is 0 Å². The van der Waals surface area contributed by atoms with E-state index in [1.165, 1.54) is 12.1 Å². The van der Waals surface area contributed by atoms with Crippen molar-refractivity contribution in [1.29, 1.82) is 0 Å². The maximum Gasteiger partial charge on any atom is 0.292 e. The normalized spacial score (nSPS) is 10.6. The molecule has 1 aromatic carbocycles. The van der Waals surface area contributed by atoms with Gasteiger partial charge in [0.1, 0.15) is 5.69 Å². The number of hydrogen-bond donors (Lipinski definition) is 2. The van der Waals surface area contributed by atoms with Crippen molar-refractivity contribution in [2.75, 3.05) is 25.5 Å². The first kappa shape index (κ1) is 15.6. The Morgan fingerprint density at radius 3 is 2.91 bits per heavy atom. The molecule has 0 radical (unpaired) electrons. The summed E-state index contributed by atoms with van der Waals surface area (Å²) in [5.41, 5.74) is 1.08. The highest BCUT2D eigenvalue weighted by molar-refractivity contribution is 5.94. The predicted octanol–water partition coefficient (Wildman–Crippen LogP) is 1.43. The van der Waals surface area contributed by atoms with Gasteiger partial charge >= 0.3 is 0 Å². The molecule has 1 amide bonds. The highest BCUT2D eigenvalue weighted by Crippen LogP contribution is 2.22. The van der Waals surface area contributed by atoms with Crippen LogP contribution in [0.3, 0.4) is 0 Å². The molecule has 0 saturated heterocycles. The number of hydrogen-bond acceptors (Lipinski definition) is 5. The third-order valence-electron chi connectivity index (χ3n) is 3.11. The lowest BCUT2D eigenvalue weighted by Crippen LogP contribution is -2.31. The van der Waals surface area contributed by atoms with Gasteiger partial charge < -0.3 is 10.3 Å². The van der Waals surface area contributed by atoms with Gasteiger partial charge in [-0.05, 0) is 13.1 Å². The third-order valence-corrected chi connectivity index (χ3v) is 3.11. The average Bonchev–Trinajstić information content (AvgIpc) is 2.98. The van der Waals surface area contributed by atoms with Crippen molar-refractivity contribution < 1.29 is 9.72 Å². The molecule has 2 aromatic rings. The van der Waals surface area contributed by atoms with Crippen LogP contribution in [0.1, 0.15) is 5.69 Å². The number of imidazole rings is 1. The van der Waals surface area contributed by atoms with Crippen LogP contribution in [0.5, 0.6) is 0 Å². The van der Waals surface area contributed by atoms with E-state index in [0.29, 0.717) is 6.54 Å². The van der Waals surface area contributed by atoms with E-state index in [2.05, 4.69) is 15.3 Å². The second kappa shape index (κ2) is 7.32. The van der Waals surface area contributed by atoms with Crippen LogP contribution in [0, 0.1) is 10.1 Å². The van der Waals surface area contributed by atoms with Gasteiger partial charge in [-0.15, -0.1) is 0 Å². The largest absolute Gasteiger partial charge is 0.348 e. The Morgan fingerprint density at radius 2 is 2.23 bits per heavy atom. The molecule has 8 heteroatoms. The molecular weight excluding hydrogens is 286 g/mol. The summed E-state index contributed by atoms with van der Waals surface area (Å²) in [5.74, 6) is -0.290. The molecule has 0 saturated carbocycles. The quantitative estimate of drug-likeness (QED) is 0.595. The van der Waals surface area contributed by atoms with Crippen molar-refractivity contribution >= 4 is 17.3 Å². The molecule has 0 atom stereocenters. The number of carbonyl (C=O) groups excluding carboxylic acids is 1. The second-order valence-electron chi connectivity index (χ2n) is 4.89. The van der Waals surface area contributed by atoms with Crippen LogP contribution in [-0.2, 0) is 11.2 Å². The molecule has 0 aliphatic rings. The lowest BCUT2D eigenvalue weighted by molar-refractivity contribution is -0.383. The molecule has 1 heterocycles. The van der Waals surface area contributed by atoms with E-state index >= 15 is 0 Å². The van der Waals surface area contributed by atoms with Crippen molar-refractivity contribution in [2.45, 2.75) is 6.42 Å². The molecule has 0 unspecified atom stereocenters. The fraction of sp³-hybridized carbons (Fsp3) is 0.286. The highest BCUT2D eigenvalue weighted by atomic mass is 16.6. The Hall–Kier alpha value is -2.74. The number of amides is 1. The molecule has 1 aromatic heterocycles. The maximum absolute atomic E-state index is 12.0. The second-order valence-corrected chi connectivity index (χ2v) is 4.89. The van der Waals surface area contributed by atoms with E-state index in [1.54, 1.807) is 24.7 Å². The Morgan fingerprint density at radius 1 is 1.45 bits per heavy atom. The van der Waals surface area contributed by atoms with Gasteiger partial charge in [0.05, 0.1) is 17.8 Å². The van der Waals surface area contributed by atoms with Crippen molar-refractivity contribution in [3.8, 4) is 0 Å². The van der Waals surface area contributed by atoms with Crippen LogP contribution < -0.4 is 5.32 Å². The Labute approximate surface area is 127 Å². The number of nitrogens with one attached hydrogen (secondary N) is 2. The average molecular weight is 303 g/mol. The number of carbonyl (C=O) groups is 1. The van der Waals surface area contributed by atoms with E-state index in [1.807, 2.05) is 11.9 Å². The van der Waals surface area contributed by atoms with Gasteiger partial charge in [-0.3, -0.25) is 19.8 Å². The number of para-hydroxylation sites is 2. The standard InChI is InChI=1S/C14H17N5O3/c1-18(7-6-11-8-15-10-16-11)9-14(20)17-12-4-2-3-5-13(12)19(21)22/h2-5,8,10H,6-7,9H2,1H3,(H,15,16)(H,17,20). The summed E-state index contributed by atoms with van der Waals surface area (Å²) >= 11 is 0. The number of likely N-dealkylation sites (N-methyl/N-ethyl adjacent to an activating group) is 1. The zero-order valence-electron chi connectivity index (χ0n) is 12.2. The van der Waals surface area contributed by atoms with Crippen LogP contribution >= 0.6 is 0 Å². The molecule has 0 fully saturated rings. The van der Waals surface area contributed by atoms with Crippen LogP contribution in [0.15, 0.2) is 36.8 Å². The Kier molecular flexibility index (Phi) is 5.21. The summed E-state index contributed by atoms with van der Waals surface area (Å²) in [7, 11) is 1.81. The third kappa shape index (κ3) is 4.38. The maximum atomic E-state index is 12.0. The number of nitro groups is 1. The molecule has 2 N–H and O–H groups in total. The molecule has 0 spiro atoms. The molecule has 0 aliphatic carbocycles. The van der Waals surface area contributed by atoms with E-state index < -0.39 is 4.92 Å². The summed E-state index contributed by atoms with van der Waals surface area (Å²) in [5, 5.41) is 13.5. The van der Waals surface area contributed by atoms with Gasteiger partial charge in [-0.1, -0.05) is 12.1 Å². The number of anilines is 1. The minimum Gasteiger partial charge on any atom is -0.348 e. The van der Waals surface area contributed by atoms with E-state index in [9.17, 15) is 14.9 Å². The number of aromatic amines is 1. The van der Waals surface area contributed by atoms with Crippen LogP contribution in [0.4, 0.5) is 11.4 Å². The fourth-order valence-corrected chi connectivity index (χ4v) is 1.99. The summed E-state index contributed by atoms with van der Waals surface area (Å²) < 4.78 is 0. The Bertz CT molecular complexity index is 642. The fourth-order valence-electron chi connectivity index (χ4n) is 1.99. The topological polar surface area (TPSA) is 104 Å². The number of benzene rings is 1. The molecule has 116 valence electrons. The van der Waals surface area contributed by atoms with Gasteiger partial charge in [0.2, 0.25) is 5.91 Å². The number of rotatable bonds is 7. The summed E-state index contributed by atoms with van der Waals surface area (Å²) in [4.78, 5) is 31.1. The monoisotopic (exact) mass is 303 g/mol. The molecule has 22 heavy (non-hydrogen) atoms. The predicted molar refractivity (Wildman–Crippen MR) is 81.5 cm³/mol. The number of nitrogens with zero attached hydrogens (tertiary/aromatic N) is 3. The molecule has 2 rings (SSSR count). The summed E-state index contributed by atoms with van der Waals surface area (Å²) in [6, 6.07) is 6.08. The van der Waals surface area contributed by atoms with Crippen molar-refractivity contribution in [3.05, 3.63) is 52.6 Å². The summed E-state index contributed by atoms with van der Waals surface area (Å²) in [6.45, 7) is 0.826. The molecule has 8 nitrogen and oxygen atoms in total. The molecule has 0 bridgehead atoms. The highest BCUT2D eigenvalue weighted by Gasteiger charge is 2.15. The first-order chi connectivity index (χ1) is 10.6. The lowest BCUT2D eigenvalue weighted by Gasteiger charge is -2.15. The van der Waals surface area contributed by atoms with Crippen LogP contribution in [0.25, 0.3) is 0 Å². The zero-order valence-corrected chi connectivity index (χ0v) is 12.2. The van der Waals surface area contributed by atoms with Crippen molar-refractivity contribution in [1.82, 2.24) is 14.9 Å². The lowest BCUT2D eigenvalue weighted by atomic mass is 10.2. The minimum absolute atomic E-state index is 0.115. The van der Waals surface area contributed by atoms with Crippen molar-refractivity contribution in [3.63, 3.8) is 0 Å². The van der Waals surface area contributed by atoms with Gasteiger partial charge in [-0.25, -0.2) is 4.98 Å². The Balaban J connectivity index is 1.86. The van der Waals surface area contributed by atoms with E-state index in [4.69, 9.17) is 0 Å². The molecule has 0 aliphatic heterocycles. The van der Waals surface area contributed by atoms with Crippen molar-refractivity contribution in [2.24, 2.45) is 0 Å². The van der Waals surface area contributed by atoms with Gasteiger partial charge in [0.25, 0.3) is 5.69 Å². The zero-order chi connectivity index (χ0) is 15.9. The van der Waals surface area contributed by atoms with Crippen LogP contribution in [-0.4, -0.2) is 45.8 Å². The molecular formula is C14H17N5O3. The SMILES string of the molecule is CN(CCc1cnc[nH]1)CC(=O)Nc1ccccc1[N+](=O)[O-]. The van der Waals surface area contributed by atoms with Gasteiger partial charge in [0.15, 0.2) is 0 Å². The first-order valence-corrected chi connectivity index (χ1v) is 6.75. The first-order valence-electron chi connectivity index (χ1n) is 6.75. The number of nitro benzene ring substituents is 1. The minimum atomic E-state index is -0.516. The summed E-state index contributed by atoms with van der Waals surface area (Å²) in [6.07, 6.45) is 4.09. The van der Waals surface area contributed by atoms with Gasteiger partial charge in [0, 0.05) is 30.9 Å². The van der Waals surface area contributed by atoms with Gasteiger partial charge in [-0.2, -0.15) is 0 Å². The number of aromatic nitrogens is 2. The van der Waals surface area contributed by atoms with E-state index in [-0.39, 0.29) is 23.8 Å². The van der Waals surface area contributed by atoms with E-state index in [0.717, 1.165) is 12.1 Å². The smallest absolute Gasteiger partial charge is 0.292 e. The number of H-pyrrole nitrogens is 1.